The lowest BCUT2D eigenvalue weighted by molar-refractivity contribution is 0.177. The van der Waals surface area contributed by atoms with Crippen molar-refractivity contribution in [3.05, 3.63) is 12.5 Å². The smallest absolute Gasteiger partial charge is 0.257 e. The van der Waals surface area contributed by atoms with Crippen LogP contribution in [0.25, 0.3) is 0 Å². The number of aromatic nitrogens is 2. The number of nitrogens with two attached hydrogens (primary N) is 1. The van der Waals surface area contributed by atoms with E-state index in [9.17, 15) is 8.42 Å². The molecular weight excluding hydrogens is 220 g/mol. The highest BCUT2D eigenvalue weighted by molar-refractivity contribution is 7.89. The van der Waals surface area contributed by atoms with Gasteiger partial charge in [0.1, 0.15) is 0 Å². The van der Waals surface area contributed by atoms with Crippen LogP contribution < -0.4 is 10.5 Å². The van der Waals surface area contributed by atoms with Crippen molar-refractivity contribution in [2.45, 2.75) is 11.1 Å². The van der Waals surface area contributed by atoms with Crippen LogP contribution in [0.15, 0.2) is 17.6 Å². The molecule has 0 aliphatic carbocycles. The summed E-state index contributed by atoms with van der Waals surface area (Å²) in [6, 6.07) is -0.441. The highest BCUT2D eigenvalue weighted by Gasteiger charge is 2.19. The third-order valence-electron chi connectivity index (χ3n) is 1.74. The van der Waals surface area contributed by atoms with E-state index >= 15 is 0 Å². The number of aromatic amines is 1. The Labute approximate surface area is 88.1 Å². The molecular formula is C7H14N4O3S. The monoisotopic (exact) mass is 234 g/mol. The molecule has 7 nitrogen and oxygen atoms in total. The van der Waals surface area contributed by atoms with E-state index in [2.05, 4.69) is 14.7 Å². The van der Waals surface area contributed by atoms with Crippen molar-refractivity contribution in [1.82, 2.24) is 14.7 Å². The summed E-state index contributed by atoms with van der Waals surface area (Å²) in [6.45, 7) is 0.394. The summed E-state index contributed by atoms with van der Waals surface area (Å²) in [5.41, 5.74) is 5.39. The molecule has 86 valence electrons. The van der Waals surface area contributed by atoms with Gasteiger partial charge in [-0.2, -0.15) is 0 Å². The zero-order valence-corrected chi connectivity index (χ0v) is 9.12. The van der Waals surface area contributed by atoms with Crippen LogP contribution in [0.5, 0.6) is 0 Å². The highest BCUT2D eigenvalue weighted by atomic mass is 32.2. The molecule has 1 aromatic heterocycles. The Morgan fingerprint density at radius 3 is 2.93 bits per heavy atom. The fourth-order valence-electron chi connectivity index (χ4n) is 1.02. The number of rotatable bonds is 6. The van der Waals surface area contributed by atoms with Crippen LogP contribution >= 0.6 is 0 Å². The van der Waals surface area contributed by atoms with Crippen molar-refractivity contribution >= 4 is 10.0 Å². The molecule has 0 fully saturated rings. The molecule has 1 heterocycles. The number of hydrogen-bond donors (Lipinski definition) is 3. The number of methoxy groups -OCH3 is 1. The number of nitrogens with zero attached hydrogens (tertiary/aromatic N) is 1. The summed E-state index contributed by atoms with van der Waals surface area (Å²) in [5.74, 6) is 0. The number of imidazole rings is 1. The van der Waals surface area contributed by atoms with Gasteiger partial charge in [0.2, 0.25) is 0 Å². The molecule has 0 aromatic carbocycles. The van der Waals surface area contributed by atoms with E-state index in [1.165, 1.54) is 19.6 Å². The Bertz CT molecular complexity index is 375. The molecule has 8 heteroatoms. The summed E-state index contributed by atoms with van der Waals surface area (Å²) >= 11 is 0. The molecule has 1 unspecified atom stereocenters. The van der Waals surface area contributed by atoms with Crippen LogP contribution in [-0.4, -0.2) is 44.7 Å². The van der Waals surface area contributed by atoms with Crippen LogP contribution in [0, 0.1) is 0 Å². The molecule has 0 aliphatic rings. The summed E-state index contributed by atoms with van der Waals surface area (Å²) in [6.07, 6.45) is 2.52. The number of nitrogens with one attached hydrogen (secondary N) is 2. The van der Waals surface area contributed by atoms with Gasteiger partial charge in [-0.05, 0) is 0 Å². The van der Waals surface area contributed by atoms with Gasteiger partial charge < -0.3 is 15.5 Å². The van der Waals surface area contributed by atoms with Crippen LogP contribution in [0.1, 0.15) is 0 Å². The predicted octanol–water partition coefficient (Wildman–Crippen LogP) is -1.34. The van der Waals surface area contributed by atoms with Crippen molar-refractivity contribution < 1.29 is 13.2 Å². The van der Waals surface area contributed by atoms with Gasteiger partial charge in [-0.25, -0.2) is 18.1 Å². The molecule has 1 atom stereocenters. The molecule has 0 saturated heterocycles. The second-order valence-electron chi connectivity index (χ2n) is 2.93. The minimum absolute atomic E-state index is 0.0112. The van der Waals surface area contributed by atoms with Gasteiger partial charge >= 0.3 is 0 Å². The number of sulfonamides is 1. The van der Waals surface area contributed by atoms with E-state index in [0.29, 0.717) is 0 Å². The highest BCUT2D eigenvalue weighted by Crippen LogP contribution is 2.02. The van der Waals surface area contributed by atoms with Crippen molar-refractivity contribution in [2.75, 3.05) is 20.3 Å². The van der Waals surface area contributed by atoms with Gasteiger partial charge in [0.25, 0.3) is 10.0 Å². The van der Waals surface area contributed by atoms with Crippen molar-refractivity contribution in [3.8, 4) is 0 Å². The second-order valence-corrected chi connectivity index (χ2v) is 4.61. The van der Waals surface area contributed by atoms with Gasteiger partial charge in [-0.1, -0.05) is 0 Å². The minimum atomic E-state index is -3.58. The van der Waals surface area contributed by atoms with E-state index in [1.807, 2.05) is 0 Å². The van der Waals surface area contributed by atoms with E-state index in [-0.39, 0.29) is 18.2 Å². The quantitative estimate of drug-likeness (QED) is 0.564. The number of hydrogen-bond acceptors (Lipinski definition) is 5. The van der Waals surface area contributed by atoms with Crippen molar-refractivity contribution in [3.63, 3.8) is 0 Å². The Balaban J connectivity index is 2.72. The van der Waals surface area contributed by atoms with E-state index < -0.39 is 16.1 Å². The molecule has 0 spiro atoms. The first-order valence-electron chi connectivity index (χ1n) is 4.30. The lowest BCUT2D eigenvalue weighted by Crippen LogP contribution is -2.43. The van der Waals surface area contributed by atoms with Gasteiger partial charge in [0.05, 0.1) is 25.2 Å². The Hall–Kier alpha value is -0.960. The summed E-state index contributed by atoms with van der Waals surface area (Å²) in [4.78, 5) is 6.14. The molecule has 0 aliphatic heterocycles. The van der Waals surface area contributed by atoms with E-state index in [1.54, 1.807) is 0 Å². The molecule has 1 rings (SSSR count). The average molecular weight is 234 g/mol. The molecule has 0 bridgehead atoms. The zero-order chi connectivity index (χ0) is 11.3. The predicted molar refractivity (Wildman–Crippen MR) is 53.6 cm³/mol. The molecule has 0 radical (unpaired) electrons. The first kappa shape index (κ1) is 12.1. The maximum atomic E-state index is 11.6. The lowest BCUT2D eigenvalue weighted by Gasteiger charge is -2.14. The largest absolute Gasteiger partial charge is 0.383 e. The van der Waals surface area contributed by atoms with Crippen molar-refractivity contribution in [2.24, 2.45) is 5.73 Å². The van der Waals surface area contributed by atoms with E-state index in [4.69, 9.17) is 10.5 Å². The third-order valence-corrected chi connectivity index (χ3v) is 3.18. The standard InChI is InChI=1S/C7H14N4O3S/c1-14-4-6(2-8)11-15(12,13)7-3-9-5-10-7/h3,5-6,11H,2,4,8H2,1H3,(H,9,10). The first-order chi connectivity index (χ1) is 7.10. The maximum Gasteiger partial charge on any atom is 0.257 e. The molecule has 1 aromatic rings. The zero-order valence-electron chi connectivity index (χ0n) is 8.30. The Morgan fingerprint density at radius 1 is 1.73 bits per heavy atom. The molecule has 15 heavy (non-hydrogen) atoms. The normalized spacial score (nSPS) is 14.0. The van der Waals surface area contributed by atoms with E-state index in [0.717, 1.165) is 0 Å². The Morgan fingerprint density at radius 2 is 2.47 bits per heavy atom. The molecule has 0 saturated carbocycles. The van der Waals surface area contributed by atoms with Gasteiger partial charge in [0, 0.05) is 13.7 Å². The average Bonchev–Trinajstić information content (AvgIpc) is 2.70. The SMILES string of the molecule is COCC(CN)NS(=O)(=O)c1cnc[nH]1. The second kappa shape index (κ2) is 5.21. The topological polar surface area (TPSA) is 110 Å². The molecule has 4 N–H and O–H groups in total. The summed E-state index contributed by atoms with van der Waals surface area (Å²) in [7, 11) is -2.10. The van der Waals surface area contributed by atoms with Gasteiger partial charge in [-0.15, -0.1) is 0 Å². The molecule has 0 amide bonds. The van der Waals surface area contributed by atoms with Crippen LogP contribution in [0.4, 0.5) is 0 Å². The Kier molecular flexibility index (Phi) is 4.21. The maximum absolute atomic E-state index is 11.6. The fraction of sp³-hybridized carbons (Fsp3) is 0.571. The number of ether oxygens (including phenoxy) is 1. The van der Waals surface area contributed by atoms with Gasteiger partial charge in [-0.3, -0.25) is 0 Å². The third kappa shape index (κ3) is 3.27. The minimum Gasteiger partial charge on any atom is -0.383 e. The van der Waals surface area contributed by atoms with Crippen LogP contribution in [0.3, 0.4) is 0 Å². The van der Waals surface area contributed by atoms with Crippen molar-refractivity contribution in [1.29, 1.82) is 0 Å². The summed E-state index contributed by atoms with van der Waals surface area (Å²) in [5, 5.41) is 0.0112. The summed E-state index contributed by atoms with van der Waals surface area (Å²) < 4.78 is 30.5. The van der Waals surface area contributed by atoms with Crippen LogP contribution in [-0.2, 0) is 14.8 Å². The fourth-order valence-corrected chi connectivity index (χ4v) is 2.16. The van der Waals surface area contributed by atoms with Gasteiger partial charge in [0.15, 0.2) is 5.03 Å². The number of H-pyrrole nitrogens is 1. The first-order valence-corrected chi connectivity index (χ1v) is 5.78. The lowest BCUT2D eigenvalue weighted by atomic mass is 10.3. The van der Waals surface area contributed by atoms with Crippen LogP contribution in [0.2, 0.25) is 0 Å².